The summed E-state index contributed by atoms with van der Waals surface area (Å²) in [7, 11) is 1.72. The Morgan fingerprint density at radius 3 is 2.53 bits per heavy atom. The number of benzene rings is 1. The largest absolute Gasteiger partial charge is 0.495 e. The Morgan fingerprint density at radius 2 is 1.94 bits per heavy atom. The van der Waals surface area contributed by atoms with E-state index in [2.05, 4.69) is 38.2 Å². The Bertz CT molecular complexity index is 386. The first-order valence-electron chi connectivity index (χ1n) is 6.41. The molecule has 0 saturated heterocycles. The van der Waals surface area contributed by atoms with Gasteiger partial charge in [-0.05, 0) is 36.3 Å². The fraction of sp³-hybridized carbons (Fsp3) is 0.600. The summed E-state index contributed by atoms with van der Waals surface area (Å²) in [6.45, 7) is 7.04. The van der Waals surface area contributed by atoms with Crippen molar-refractivity contribution < 1.29 is 4.74 Å². The van der Waals surface area contributed by atoms with Gasteiger partial charge in [-0.15, -0.1) is 0 Å². The van der Waals surface area contributed by atoms with Crippen LogP contribution < -0.4 is 10.1 Å². The molecule has 0 aliphatic heterocycles. The van der Waals surface area contributed by atoms with E-state index in [1.54, 1.807) is 7.11 Å². The number of hydrogen-bond donors (Lipinski definition) is 1. The average Bonchev–Trinajstić information content (AvgIpc) is 2.52. The van der Waals surface area contributed by atoms with E-state index in [4.69, 9.17) is 4.74 Å². The van der Waals surface area contributed by atoms with Crippen LogP contribution in [-0.2, 0) is 0 Å². The minimum absolute atomic E-state index is 0.457. The standard InChI is InChI=1S/C15H23NO/c1-11-9-15(2,3)10-13(11)16-12-7-5-6-8-14(12)17-4/h5-8,11,13,16H,9-10H2,1-4H3. The maximum Gasteiger partial charge on any atom is 0.141 e. The highest BCUT2D eigenvalue weighted by atomic mass is 16.5. The minimum Gasteiger partial charge on any atom is -0.495 e. The predicted octanol–water partition coefficient (Wildman–Crippen LogP) is 3.93. The van der Waals surface area contributed by atoms with Crippen molar-refractivity contribution in [1.82, 2.24) is 0 Å². The summed E-state index contributed by atoms with van der Waals surface area (Å²) in [4.78, 5) is 0. The molecule has 0 spiro atoms. The zero-order valence-corrected chi connectivity index (χ0v) is 11.3. The zero-order chi connectivity index (χ0) is 12.5. The van der Waals surface area contributed by atoms with Gasteiger partial charge in [0, 0.05) is 6.04 Å². The normalized spacial score (nSPS) is 26.8. The average molecular weight is 233 g/mol. The maximum absolute atomic E-state index is 5.38. The SMILES string of the molecule is COc1ccccc1NC1CC(C)(C)CC1C. The fourth-order valence-electron chi connectivity index (χ4n) is 3.05. The summed E-state index contributed by atoms with van der Waals surface area (Å²) in [5.74, 6) is 1.65. The van der Waals surface area contributed by atoms with E-state index in [-0.39, 0.29) is 0 Å². The monoisotopic (exact) mass is 233 g/mol. The molecule has 17 heavy (non-hydrogen) atoms. The van der Waals surface area contributed by atoms with E-state index in [0.717, 1.165) is 17.4 Å². The molecule has 1 aliphatic rings. The third-order valence-electron chi connectivity index (χ3n) is 3.78. The van der Waals surface area contributed by atoms with Gasteiger partial charge in [-0.25, -0.2) is 0 Å². The van der Waals surface area contributed by atoms with Gasteiger partial charge in [-0.2, -0.15) is 0 Å². The summed E-state index contributed by atoms with van der Waals surface area (Å²) in [6.07, 6.45) is 2.52. The molecule has 1 aromatic carbocycles. The molecule has 2 nitrogen and oxygen atoms in total. The Morgan fingerprint density at radius 1 is 1.24 bits per heavy atom. The van der Waals surface area contributed by atoms with Crippen LogP contribution in [0.3, 0.4) is 0 Å². The second-order valence-corrected chi connectivity index (χ2v) is 6.00. The lowest BCUT2D eigenvalue weighted by Gasteiger charge is -2.21. The number of anilines is 1. The highest BCUT2D eigenvalue weighted by Gasteiger charge is 2.36. The van der Waals surface area contributed by atoms with Crippen LogP contribution in [0.15, 0.2) is 24.3 Å². The van der Waals surface area contributed by atoms with Crippen LogP contribution in [0.25, 0.3) is 0 Å². The molecule has 94 valence electrons. The molecule has 1 aliphatic carbocycles. The van der Waals surface area contributed by atoms with Gasteiger partial charge in [-0.3, -0.25) is 0 Å². The Kier molecular flexibility index (Phi) is 3.32. The van der Waals surface area contributed by atoms with E-state index >= 15 is 0 Å². The Balaban J connectivity index is 2.11. The molecule has 2 heteroatoms. The van der Waals surface area contributed by atoms with E-state index < -0.39 is 0 Å². The van der Waals surface area contributed by atoms with Crippen molar-refractivity contribution in [3.8, 4) is 5.75 Å². The smallest absolute Gasteiger partial charge is 0.141 e. The third kappa shape index (κ3) is 2.74. The highest BCUT2D eigenvalue weighted by Crippen LogP contribution is 2.42. The van der Waals surface area contributed by atoms with Gasteiger partial charge in [0.05, 0.1) is 12.8 Å². The number of para-hydroxylation sites is 2. The Labute approximate surface area is 104 Å². The molecule has 0 bridgehead atoms. The molecule has 0 heterocycles. The van der Waals surface area contributed by atoms with E-state index in [1.807, 2.05) is 12.1 Å². The fourth-order valence-corrected chi connectivity index (χ4v) is 3.05. The number of ether oxygens (including phenoxy) is 1. The molecule has 1 aromatic rings. The lowest BCUT2D eigenvalue weighted by atomic mass is 9.91. The molecule has 1 fully saturated rings. The van der Waals surface area contributed by atoms with E-state index in [1.165, 1.54) is 12.8 Å². The number of nitrogens with one attached hydrogen (secondary N) is 1. The summed E-state index contributed by atoms with van der Waals surface area (Å²) in [6, 6.07) is 8.72. The van der Waals surface area contributed by atoms with Crippen molar-refractivity contribution in [3.05, 3.63) is 24.3 Å². The van der Waals surface area contributed by atoms with Crippen LogP contribution in [0.2, 0.25) is 0 Å². The first kappa shape index (κ1) is 12.3. The molecule has 2 unspecified atom stereocenters. The van der Waals surface area contributed by atoms with Crippen LogP contribution in [-0.4, -0.2) is 13.2 Å². The van der Waals surface area contributed by atoms with Crippen molar-refractivity contribution in [2.45, 2.75) is 39.7 Å². The number of methoxy groups -OCH3 is 1. The molecule has 2 rings (SSSR count). The number of rotatable bonds is 3. The van der Waals surface area contributed by atoms with Gasteiger partial charge in [0.2, 0.25) is 0 Å². The van der Waals surface area contributed by atoms with Crippen LogP contribution in [0, 0.1) is 11.3 Å². The maximum atomic E-state index is 5.38. The van der Waals surface area contributed by atoms with Gasteiger partial charge in [0.15, 0.2) is 0 Å². The van der Waals surface area contributed by atoms with Crippen molar-refractivity contribution in [2.24, 2.45) is 11.3 Å². The van der Waals surface area contributed by atoms with Crippen LogP contribution in [0.4, 0.5) is 5.69 Å². The summed E-state index contributed by atoms with van der Waals surface area (Å²) in [5, 5.41) is 3.64. The third-order valence-corrected chi connectivity index (χ3v) is 3.78. The van der Waals surface area contributed by atoms with Crippen molar-refractivity contribution >= 4 is 5.69 Å². The van der Waals surface area contributed by atoms with Crippen molar-refractivity contribution in [3.63, 3.8) is 0 Å². The van der Waals surface area contributed by atoms with Crippen LogP contribution in [0.1, 0.15) is 33.6 Å². The van der Waals surface area contributed by atoms with E-state index in [9.17, 15) is 0 Å². The lowest BCUT2D eigenvalue weighted by Crippen LogP contribution is -2.22. The second kappa shape index (κ2) is 4.59. The molecule has 2 atom stereocenters. The van der Waals surface area contributed by atoms with Gasteiger partial charge >= 0.3 is 0 Å². The van der Waals surface area contributed by atoms with Gasteiger partial charge in [0.25, 0.3) is 0 Å². The molecule has 0 radical (unpaired) electrons. The quantitative estimate of drug-likeness (QED) is 0.854. The predicted molar refractivity (Wildman–Crippen MR) is 72.6 cm³/mol. The number of hydrogen-bond acceptors (Lipinski definition) is 2. The molecule has 0 amide bonds. The lowest BCUT2D eigenvalue weighted by molar-refractivity contribution is 0.366. The van der Waals surface area contributed by atoms with E-state index in [0.29, 0.717) is 11.5 Å². The van der Waals surface area contributed by atoms with Crippen molar-refractivity contribution in [1.29, 1.82) is 0 Å². The zero-order valence-electron chi connectivity index (χ0n) is 11.3. The Hall–Kier alpha value is -1.18. The topological polar surface area (TPSA) is 21.3 Å². The van der Waals surface area contributed by atoms with Crippen molar-refractivity contribution in [2.75, 3.05) is 12.4 Å². The molecule has 1 N–H and O–H groups in total. The minimum atomic E-state index is 0.457. The first-order chi connectivity index (χ1) is 8.02. The summed E-state index contributed by atoms with van der Waals surface area (Å²) >= 11 is 0. The van der Waals surface area contributed by atoms with Gasteiger partial charge < -0.3 is 10.1 Å². The first-order valence-corrected chi connectivity index (χ1v) is 6.41. The van der Waals surface area contributed by atoms with Crippen LogP contribution in [0.5, 0.6) is 5.75 Å². The molecular formula is C15H23NO. The van der Waals surface area contributed by atoms with Crippen LogP contribution >= 0.6 is 0 Å². The second-order valence-electron chi connectivity index (χ2n) is 6.00. The summed E-state index contributed by atoms with van der Waals surface area (Å²) in [5.41, 5.74) is 1.57. The van der Waals surface area contributed by atoms with Gasteiger partial charge in [-0.1, -0.05) is 32.9 Å². The van der Waals surface area contributed by atoms with Gasteiger partial charge in [0.1, 0.15) is 5.75 Å². The molecule has 1 saturated carbocycles. The highest BCUT2D eigenvalue weighted by molar-refractivity contribution is 5.56. The summed E-state index contributed by atoms with van der Waals surface area (Å²) < 4.78 is 5.38. The molecule has 0 aromatic heterocycles. The molecular weight excluding hydrogens is 210 g/mol.